The molecule has 2 rings (SSSR count). The van der Waals surface area contributed by atoms with Crippen LogP contribution in [0.5, 0.6) is 0 Å². The average molecular weight is 219 g/mol. The van der Waals surface area contributed by atoms with Crippen molar-refractivity contribution in [2.45, 2.75) is 6.92 Å². The first kappa shape index (κ1) is 10.5. The standard InChI is InChI=1S/C12H10FNO2/c1-7-6-9(12(15)16-2)8-4-3-5-10(13)11(8)14-7/h3-6H,1-2H3. The van der Waals surface area contributed by atoms with Gasteiger partial charge in [-0.1, -0.05) is 12.1 Å². The molecule has 0 aliphatic carbocycles. The molecule has 0 aliphatic heterocycles. The summed E-state index contributed by atoms with van der Waals surface area (Å²) in [7, 11) is 1.29. The largest absolute Gasteiger partial charge is 0.465 e. The number of benzene rings is 1. The Labute approximate surface area is 91.9 Å². The van der Waals surface area contributed by atoms with E-state index < -0.39 is 11.8 Å². The maximum Gasteiger partial charge on any atom is 0.338 e. The molecule has 0 fully saturated rings. The summed E-state index contributed by atoms with van der Waals surface area (Å²) in [6.45, 7) is 1.71. The lowest BCUT2D eigenvalue weighted by Crippen LogP contribution is -2.04. The third-order valence-corrected chi connectivity index (χ3v) is 2.32. The molecule has 16 heavy (non-hydrogen) atoms. The van der Waals surface area contributed by atoms with E-state index in [0.29, 0.717) is 16.6 Å². The summed E-state index contributed by atoms with van der Waals surface area (Å²) in [5.41, 5.74) is 1.12. The number of nitrogens with zero attached hydrogens (tertiary/aromatic N) is 1. The van der Waals surface area contributed by atoms with Crippen LogP contribution >= 0.6 is 0 Å². The molecular weight excluding hydrogens is 209 g/mol. The Morgan fingerprint density at radius 1 is 1.44 bits per heavy atom. The zero-order chi connectivity index (χ0) is 11.7. The number of halogens is 1. The minimum absolute atomic E-state index is 0.197. The van der Waals surface area contributed by atoms with E-state index in [1.54, 1.807) is 25.1 Å². The molecular formula is C12H10FNO2. The van der Waals surface area contributed by atoms with E-state index in [0.717, 1.165) is 0 Å². The van der Waals surface area contributed by atoms with Crippen molar-refractivity contribution in [2.75, 3.05) is 7.11 Å². The van der Waals surface area contributed by atoms with Gasteiger partial charge in [0.15, 0.2) is 0 Å². The van der Waals surface area contributed by atoms with Crippen LogP contribution in [-0.4, -0.2) is 18.1 Å². The van der Waals surface area contributed by atoms with Crippen LogP contribution in [0, 0.1) is 12.7 Å². The predicted octanol–water partition coefficient (Wildman–Crippen LogP) is 2.47. The van der Waals surface area contributed by atoms with Crippen LogP contribution in [0.25, 0.3) is 10.9 Å². The Bertz CT molecular complexity index is 566. The number of fused-ring (bicyclic) bond motifs is 1. The molecule has 0 aliphatic rings. The first-order valence-electron chi connectivity index (χ1n) is 4.77. The lowest BCUT2D eigenvalue weighted by Gasteiger charge is -2.06. The summed E-state index contributed by atoms with van der Waals surface area (Å²) < 4.78 is 18.1. The van der Waals surface area contributed by atoms with E-state index in [9.17, 15) is 9.18 Å². The molecule has 0 spiro atoms. The zero-order valence-corrected chi connectivity index (χ0v) is 8.95. The number of methoxy groups -OCH3 is 1. The van der Waals surface area contributed by atoms with Gasteiger partial charge in [-0.05, 0) is 19.1 Å². The highest BCUT2D eigenvalue weighted by Gasteiger charge is 2.13. The maximum atomic E-state index is 13.5. The summed E-state index contributed by atoms with van der Waals surface area (Å²) in [4.78, 5) is 15.6. The Hall–Kier alpha value is -1.97. The van der Waals surface area contributed by atoms with Gasteiger partial charge in [0.1, 0.15) is 11.3 Å². The van der Waals surface area contributed by atoms with Crippen molar-refractivity contribution in [3.8, 4) is 0 Å². The molecule has 0 unspecified atom stereocenters. The number of hydrogen-bond acceptors (Lipinski definition) is 3. The SMILES string of the molecule is COC(=O)c1cc(C)nc2c(F)cccc12. The van der Waals surface area contributed by atoms with Gasteiger partial charge in [0.05, 0.1) is 12.7 Å². The summed E-state index contributed by atoms with van der Waals surface area (Å²) in [5, 5.41) is 0.470. The fourth-order valence-corrected chi connectivity index (χ4v) is 1.62. The molecule has 1 aromatic carbocycles. The second kappa shape index (κ2) is 3.89. The molecule has 0 N–H and O–H groups in total. The number of esters is 1. The zero-order valence-electron chi connectivity index (χ0n) is 8.95. The second-order valence-electron chi connectivity index (χ2n) is 3.44. The fraction of sp³-hybridized carbons (Fsp3) is 0.167. The topological polar surface area (TPSA) is 39.2 Å². The van der Waals surface area contributed by atoms with Crippen molar-refractivity contribution in [3.63, 3.8) is 0 Å². The third-order valence-electron chi connectivity index (χ3n) is 2.32. The average Bonchev–Trinajstić information content (AvgIpc) is 2.28. The van der Waals surface area contributed by atoms with Crippen LogP contribution in [0.1, 0.15) is 16.1 Å². The van der Waals surface area contributed by atoms with Gasteiger partial charge in [-0.2, -0.15) is 0 Å². The van der Waals surface area contributed by atoms with Crippen molar-refractivity contribution in [2.24, 2.45) is 0 Å². The number of carbonyl (C=O) groups excluding carboxylic acids is 1. The van der Waals surface area contributed by atoms with Crippen molar-refractivity contribution in [3.05, 3.63) is 41.3 Å². The number of aromatic nitrogens is 1. The highest BCUT2D eigenvalue weighted by atomic mass is 19.1. The lowest BCUT2D eigenvalue weighted by atomic mass is 10.1. The molecule has 1 heterocycles. The van der Waals surface area contributed by atoms with Gasteiger partial charge in [0.2, 0.25) is 0 Å². The maximum absolute atomic E-state index is 13.5. The first-order valence-corrected chi connectivity index (χ1v) is 4.77. The number of carbonyl (C=O) groups is 1. The van der Waals surface area contributed by atoms with E-state index in [2.05, 4.69) is 9.72 Å². The molecule has 0 bridgehead atoms. The molecule has 3 nitrogen and oxygen atoms in total. The lowest BCUT2D eigenvalue weighted by molar-refractivity contribution is 0.0603. The van der Waals surface area contributed by atoms with Gasteiger partial charge in [-0.25, -0.2) is 14.2 Å². The van der Waals surface area contributed by atoms with Crippen molar-refractivity contribution < 1.29 is 13.9 Å². The molecule has 0 amide bonds. The number of para-hydroxylation sites is 1. The minimum atomic E-state index is -0.485. The van der Waals surface area contributed by atoms with Crippen LogP contribution in [0.2, 0.25) is 0 Å². The molecule has 4 heteroatoms. The van der Waals surface area contributed by atoms with Crippen LogP contribution in [0.4, 0.5) is 4.39 Å². The van der Waals surface area contributed by atoms with Crippen LogP contribution < -0.4 is 0 Å². The summed E-state index contributed by atoms with van der Waals surface area (Å²) in [5.74, 6) is -0.924. The minimum Gasteiger partial charge on any atom is -0.465 e. The van der Waals surface area contributed by atoms with E-state index >= 15 is 0 Å². The fourth-order valence-electron chi connectivity index (χ4n) is 1.62. The van der Waals surface area contributed by atoms with E-state index in [-0.39, 0.29) is 5.52 Å². The van der Waals surface area contributed by atoms with Crippen LogP contribution in [-0.2, 0) is 4.74 Å². The number of hydrogen-bond donors (Lipinski definition) is 0. The number of pyridine rings is 1. The number of ether oxygens (including phenoxy) is 1. The number of aryl methyl sites for hydroxylation is 1. The van der Waals surface area contributed by atoms with Gasteiger partial charge in [-0.15, -0.1) is 0 Å². The monoisotopic (exact) mass is 219 g/mol. The van der Waals surface area contributed by atoms with Gasteiger partial charge < -0.3 is 4.74 Å². The molecule has 0 saturated heterocycles. The van der Waals surface area contributed by atoms with E-state index in [4.69, 9.17) is 0 Å². The molecule has 1 aromatic heterocycles. The smallest absolute Gasteiger partial charge is 0.338 e. The van der Waals surface area contributed by atoms with Crippen molar-refractivity contribution >= 4 is 16.9 Å². The Kier molecular flexibility index (Phi) is 2.56. The highest BCUT2D eigenvalue weighted by Crippen LogP contribution is 2.21. The summed E-state index contributed by atoms with van der Waals surface area (Å²) >= 11 is 0. The highest BCUT2D eigenvalue weighted by molar-refractivity contribution is 6.03. The molecule has 0 atom stereocenters. The van der Waals surface area contributed by atoms with Crippen LogP contribution in [0.3, 0.4) is 0 Å². The van der Waals surface area contributed by atoms with Gasteiger partial charge in [0.25, 0.3) is 0 Å². The molecule has 2 aromatic rings. The molecule has 82 valence electrons. The second-order valence-corrected chi connectivity index (χ2v) is 3.44. The summed E-state index contributed by atoms with van der Waals surface area (Å²) in [6, 6.07) is 6.10. The quantitative estimate of drug-likeness (QED) is 0.691. The van der Waals surface area contributed by atoms with Crippen LogP contribution in [0.15, 0.2) is 24.3 Å². The normalized spacial score (nSPS) is 10.4. The Morgan fingerprint density at radius 2 is 2.19 bits per heavy atom. The molecule has 0 radical (unpaired) electrons. The van der Waals surface area contributed by atoms with E-state index in [1.807, 2.05) is 0 Å². The van der Waals surface area contributed by atoms with Gasteiger partial charge in [-0.3, -0.25) is 0 Å². The first-order chi connectivity index (χ1) is 7.63. The van der Waals surface area contributed by atoms with E-state index in [1.165, 1.54) is 13.2 Å². The van der Waals surface area contributed by atoms with Gasteiger partial charge >= 0.3 is 5.97 Å². The Balaban J connectivity index is 2.83. The predicted molar refractivity (Wildman–Crippen MR) is 57.8 cm³/mol. The van der Waals surface area contributed by atoms with Crippen molar-refractivity contribution in [1.82, 2.24) is 4.98 Å². The number of rotatable bonds is 1. The molecule has 0 saturated carbocycles. The Morgan fingerprint density at radius 3 is 2.88 bits per heavy atom. The summed E-state index contributed by atoms with van der Waals surface area (Å²) in [6.07, 6.45) is 0. The van der Waals surface area contributed by atoms with Gasteiger partial charge in [0, 0.05) is 11.1 Å². The third kappa shape index (κ3) is 1.62. The van der Waals surface area contributed by atoms with Crippen molar-refractivity contribution in [1.29, 1.82) is 0 Å².